The van der Waals surface area contributed by atoms with Gasteiger partial charge in [0.2, 0.25) is 5.91 Å². The predicted molar refractivity (Wildman–Crippen MR) is 104 cm³/mol. The summed E-state index contributed by atoms with van der Waals surface area (Å²) in [5.41, 5.74) is 0.897. The van der Waals surface area contributed by atoms with Gasteiger partial charge in [0.05, 0.1) is 20.1 Å². The fourth-order valence-electron chi connectivity index (χ4n) is 3.91. The predicted octanol–water partition coefficient (Wildman–Crippen LogP) is 1.31. The average Bonchev–Trinajstić information content (AvgIpc) is 3.13. The number of urea groups is 1. The Bertz CT molecular complexity index is 775. The molecule has 9 heteroatoms. The Balaban J connectivity index is 1.48. The molecular formula is C20H27N3O6. The second-order valence-electron chi connectivity index (χ2n) is 7.35. The molecule has 1 unspecified atom stereocenters. The maximum atomic E-state index is 12.5. The highest BCUT2D eigenvalue weighted by atomic mass is 16.5. The lowest BCUT2D eigenvalue weighted by molar-refractivity contribution is -0.141. The lowest BCUT2D eigenvalue weighted by Crippen LogP contribution is -2.49. The number of carbonyl (C=O) groups is 3. The molecular weight excluding hydrogens is 378 g/mol. The number of benzene rings is 1. The normalized spacial score (nSPS) is 19.9. The molecule has 3 amide bonds. The summed E-state index contributed by atoms with van der Waals surface area (Å²) in [4.78, 5) is 39.1. The summed E-state index contributed by atoms with van der Waals surface area (Å²) in [5.74, 6) is -0.409. The van der Waals surface area contributed by atoms with E-state index in [1.54, 1.807) is 30.1 Å². The first-order chi connectivity index (χ1) is 13.9. The largest absolute Gasteiger partial charge is 0.493 e. The molecule has 158 valence electrons. The van der Waals surface area contributed by atoms with Crippen LogP contribution in [0.1, 0.15) is 24.8 Å². The van der Waals surface area contributed by atoms with Gasteiger partial charge in [-0.1, -0.05) is 6.07 Å². The summed E-state index contributed by atoms with van der Waals surface area (Å²) in [6.45, 7) is 1.70. The topological polar surface area (TPSA) is 108 Å². The van der Waals surface area contributed by atoms with Crippen LogP contribution in [0.15, 0.2) is 18.2 Å². The highest BCUT2D eigenvalue weighted by Gasteiger charge is 2.39. The van der Waals surface area contributed by atoms with Gasteiger partial charge in [-0.15, -0.1) is 0 Å². The maximum Gasteiger partial charge on any atom is 0.317 e. The zero-order chi connectivity index (χ0) is 21.0. The number of piperidine rings is 1. The molecule has 1 aromatic rings. The molecule has 2 aliphatic rings. The number of nitrogens with zero attached hydrogens (tertiary/aromatic N) is 2. The van der Waals surface area contributed by atoms with Crippen LogP contribution in [0.3, 0.4) is 0 Å². The SMILES string of the molecule is COc1ccc(CNC(=O)N2CCC(N3CC(C(=O)O)CC3=O)CC2)cc1OC. The second kappa shape index (κ2) is 9.02. The molecule has 0 aromatic heterocycles. The Morgan fingerprint density at radius 1 is 1.17 bits per heavy atom. The molecule has 2 N–H and O–H groups in total. The third kappa shape index (κ3) is 4.72. The molecule has 0 spiro atoms. The highest BCUT2D eigenvalue weighted by molar-refractivity contribution is 5.86. The van der Waals surface area contributed by atoms with Crippen LogP contribution in [0.4, 0.5) is 4.79 Å². The molecule has 1 aromatic carbocycles. The second-order valence-corrected chi connectivity index (χ2v) is 7.35. The van der Waals surface area contributed by atoms with Gasteiger partial charge >= 0.3 is 12.0 Å². The van der Waals surface area contributed by atoms with Crippen LogP contribution >= 0.6 is 0 Å². The van der Waals surface area contributed by atoms with Crippen molar-refractivity contribution >= 4 is 17.9 Å². The van der Waals surface area contributed by atoms with Crippen molar-refractivity contribution in [2.24, 2.45) is 5.92 Å². The molecule has 29 heavy (non-hydrogen) atoms. The first kappa shape index (κ1) is 20.8. The highest BCUT2D eigenvalue weighted by Crippen LogP contribution is 2.28. The van der Waals surface area contributed by atoms with Crippen LogP contribution in [-0.4, -0.2) is 72.7 Å². The van der Waals surface area contributed by atoms with E-state index in [1.165, 1.54) is 0 Å². The lowest BCUT2D eigenvalue weighted by Gasteiger charge is -2.36. The van der Waals surface area contributed by atoms with E-state index < -0.39 is 11.9 Å². The summed E-state index contributed by atoms with van der Waals surface area (Å²) < 4.78 is 10.5. The molecule has 2 fully saturated rings. The lowest BCUT2D eigenvalue weighted by atomic mass is 10.0. The van der Waals surface area contributed by atoms with Gasteiger partial charge in [0, 0.05) is 38.6 Å². The van der Waals surface area contributed by atoms with E-state index in [1.807, 2.05) is 12.1 Å². The molecule has 2 aliphatic heterocycles. The molecule has 1 atom stereocenters. The van der Waals surface area contributed by atoms with E-state index in [4.69, 9.17) is 14.6 Å². The number of ether oxygens (including phenoxy) is 2. The van der Waals surface area contributed by atoms with Crippen molar-refractivity contribution in [3.63, 3.8) is 0 Å². The number of hydrogen-bond donors (Lipinski definition) is 2. The molecule has 2 heterocycles. The number of carboxylic acid groups (broad SMARTS) is 1. The van der Waals surface area contributed by atoms with Crippen molar-refractivity contribution in [2.45, 2.75) is 31.8 Å². The van der Waals surface area contributed by atoms with E-state index in [2.05, 4.69) is 5.32 Å². The summed E-state index contributed by atoms with van der Waals surface area (Å²) in [6, 6.07) is 5.33. The van der Waals surface area contributed by atoms with Gasteiger partial charge in [0.25, 0.3) is 0 Å². The van der Waals surface area contributed by atoms with E-state index in [-0.39, 0.29) is 30.9 Å². The molecule has 0 aliphatic carbocycles. The Labute approximate surface area is 169 Å². The van der Waals surface area contributed by atoms with Crippen molar-refractivity contribution in [1.29, 1.82) is 0 Å². The third-order valence-corrected chi connectivity index (χ3v) is 5.59. The average molecular weight is 405 g/mol. The van der Waals surface area contributed by atoms with Gasteiger partial charge in [-0.3, -0.25) is 9.59 Å². The number of hydrogen-bond acceptors (Lipinski definition) is 5. The summed E-state index contributed by atoms with van der Waals surface area (Å²) >= 11 is 0. The fourth-order valence-corrected chi connectivity index (χ4v) is 3.91. The van der Waals surface area contributed by atoms with Crippen LogP contribution in [0.2, 0.25) is 0 Å². The van der Waals surface area contributed by atoms with Crippen LogP contribution in [0, 0.1) is 5.92 Å². The Hall–Kier alpha value is -2.97. The molecule has 9 nitrogen and oxygen atoms in total. The monoisotopic (exact) mass is 405 g/mol. The molecule has 3 rings (SSSR count). The quantitative estimate of drug-likeness (QED) is 0.739. The Morgan fingerprint density at radius 2 is 1.86 bits per heavy atom. The van der Waals surface area contributed by atoms with Gasteiger partial charge in [-0.05, 0) is 30.5 Å². The number of carboxylic acids is 1. The Kier molecular flexibility index (Phi) is 6.46. The smallest absolute Gasteiger partial charge is 0.317 e. The standard InChI is InChI=1S/C20H27N3O6/c1-28-16-4-3-13(9-17(16)29-2)11-21-20(27)22-7-5-15(6-8-22)23-12-14(19(25)26)10-18(23)24/h3-4,9,14-15H,5-8,10-12H2,1-2H3,(H,21,27)(H,25,26). The van der Waals surface area contributed by atoms with Crippen LogP contribution in [0.5, 0.6) is 11.5 Å². The molecule has 0 bridgehead atoms. The summed E-state index contributed by atoms with van der Waals surface area (Å²) in [7, 11) is 3.13. The number of nitrogens with one attached hydrogen (secondary N) is 1. The van der Waals surface area contributed by atoms with Gasteiger partial charge in [0.15, 0.2) is 11.5 Å². The van der Waals surface area contributed by atoms with Gasteiger partial charge < -0.3 is 29.7 Å². The number of rotatable bonds is 6. The minimum absolute atomic E-state index is 0.00162. The number of likely N-dealkylation sites (tertiary alicyclic amines) is 2. The van der Waals surface area contributed by atoms with E-state index in [9.17, 15) is 14.4 Å². The van der Waals surface area contributed by atoms with E-state index in [0.717, 1.165) is 5.56 Å². The van der Waals surface area contributed by atoms with Gasteiger partial charge in [-0.25, -0.2) is 4.79 Å². The minimum Gasteiger partial charge on any atom is -0.493 e. The summed E-state index contributed by atoms with van der Waals surface area (Å²) in [6.07, 6.45) is 1.38. The molecule has 0 saturated carbocycles. The maximum absolute atomic E-state index is 12.5. The van der Waals surface area contributed by atoms with Gasteiger partial charge in [-0.2, -0.15) is 0 Å². The first-order valence-electron chi connectivity index (χ1n) is 9.69. The van der Waals surface area contributed by atoms with Crippen molar-refractivity contribution in [3.8, 4) is 11.5 Å². The molecule has 0 radical (unpaired) electrons. The van der Waals surface area contributed by atoms with Crippen molar-refractivity contribution in [3.05, 3.63) is 23.8 Å². The number of carbonyl (C=O) groups excluding carboxylic acids is 2. The number of aliphatic carboxylic acids is 1. The van der Waals surface area contributed by atoms with Gasteiger partial charge in [0.1, 0.15) is 0 Å². The fraction of sp³-hybridized carbons (Fsp3) is 0.550. The number of amides is 3. The van der Waals surface area contributed by atoms with Crippen molar-refractivity contribution in [1.82, 2.24) is 15.1 Å². The van der Waals surface area contributed by atoms with Crippen molar-refractivity contribution in [2.75, 3.05) is 33.9 Å². The van der Waals surface area contributed by atoms with Crippen molar-refractivity contribution < 1.29 is 29.0 Å². The zero-order valence-electron chi connectivity index (χ0n) is 16.7. The van der Waals surface area contributed by atoms with Crippen LogP contribution in [-0.2, 0) is 16.1 Å². The Morgan fingerprint density at radius 3 is 2.45 bits per heavy atom. The van der Waals surface area contributed by atoms with Crippen LogP contribution < -0.4 is 14.8 Å². The molecule has 2 saturated heterocycles. The van der Waals surface area contributed by atoms with Crippen LogP contribution in [0.25, 0.3) is 0 Å². The number of methoxy groups -OCH3 is 2. The zero-order valence-corrected chi connectivity index (χ0v) is 16.7. The first-order valence-corrected chi connectivity index (χ1v) is 9.69. The van der Waals surface area contributed by atoms with E-state index in [0.29, 0.717) is 44.0 Å². The van der Waals surface area contributed by atoms with E-state index >= 15 is 0 Å². The minimum atomic E-state index is -0.923. The summed E-state index contributed by atoms with van der Waals surface area (Å²) in [5, 5.41) is 12.0. The third-order valence-electron chi connectivity index (χ3n) is 5.59.